The largest absolute Gasteiger partial charge is 0.496 e. The van der Waals surface area contributed by atoms with E-state index in [-0.39, 0.29) is 6.10 Å². The van der Waals surface area contributed by atoms with Crippen LogP contribution in [-0.2, 0) is 11.2 Å². The Bertz CT molecular complexity index is 462. The number of rotatable bonds is 6. The molecule has 0 radical (unpaired) electrons. The zero-order valence-electron chi connectivity index (χ0n) is 13.4. The van der Waals surface area contributed by atoms with Gasteiger partial charge in [0, 0.05) is 47.0 Å². The number of hydrogen-bond acceptors (Lipinski definition) is 5. The van der Waals surface area contributed by atoms with Crippen LogP contribution >= 0.6 is 11.8 Å². The molecule has 0 bridgehead atoms. The molecular weight excluding hydrogens is 284 g/mol. The summed E-state index contributed by atoms with van der Waals surface area (Å²) >= 11 is 1.97. The van der Waals surface area contributed by atoms with Gasteiger partial charge < -0.3 is 14.8 Å². The second-order valence-electron chi connectivity index (χ2n) is 5.40. The minimum atomic E-state index is 0.261. The number of nitrogens with zero attached hydrogens (tertiary/aromatic N) is 1. The van der Waals surface area contributed by atoms with E-state index in [9.17, 15) is 0 Å². The third-order valence-corrected chi connectivity index (χ3v) is 4.94. The van der Waals surface area contributed by atoms with E-state index in [1.165, 1.54) is 0 Å². The number of aryl methyl sites for hydroxylation is 1. The summed E-state index contributed by atoms with van der Waals surface area (Å²) in [6.45, 7) is 8.05. The minimum Gasteiger partial charge on any atom is -0.496 e. The summed E-state index contributed by atoms with van der Waals surface area (Å²) in [6.07, 6.45) is 3.04. The maximum Gasteiger partial charge on any atom is 0.128 e. The van der Waals surface area contributed by atoms with Gasteiger partial charge in [0.15, 0.2) is 0 Å². The maximum atomic E-state index is 5.94. The topological polar surface area (TPSA) is 43.4 Å². The predicted molar refractivity (Wildman–Crippen MR) is 88.5 cm³/mol. The van der Waals surface area contributed by atoms with Gasteiger partial charge in [-0.25, -0.2) is 0 Å². The zero-order valence-corrected chi connectivity index (χ0v) is 14.3. The van der Waals surface area contributed by atoms with Crippen LogP contribution in [0.25, 0.3) is 0 Å². The Labute approximate surface area is 132 Å². The molecule has 2 unspecified atom stereocenters. The number of hydrogen-bond donors (Lipinski definition) is 1. The molecule has 1 N–H and O–H groups in total. The fourth-order valence-corrected chi connectivity index (χ4v) is 3.76. The molecule has 0 aliphatic carbocycles. The Hall–Kier alpha value is -0.780. The second kappa shape index (κ2) is 8.01. The first-order valence-electron chi connectivity index (χ1n) is 7.59. The summed E-state index contributed by atoms with van der Waals surface area (Å²) in [7, 11) is 1.72. The molecule has 118 valence electrons. The highest BCUT2D eigenvalue weighted by Crippen LogP contribution is 2.26. The summed E-state index contributed by atoms with van der Waals surface area (Å²) in [5, 5.41) is 3.56. The quantitative estimate of drug-likeness (QED) is 0.874. The van der Waals surface area contributed by atoms with Crippen LogP contribution in [0.2, 0.25) is 0 Å². The monoisotopic (exact) mass is 310 g/mol. The van der Waals surface area contributed by atoms with Gasteiger partial charge in [-0.05, 0) is 20.4 Å². The van der Waals surface area contributed by atoms with Crippen molar-refractivity contribution in [2.75, 3.05) is 31.8 Å². The van der Waals surface area contributed by atoms with Crippen molar-refractivity contribution in [1.29, 1.82) is 0 Å². The Balaban J connectivity index is 2.16. The van der Waals surface area contributed by atoms with Gasteiger partial charge in [-0.1, -0.05) is 6.92 Å². The van der Waals surface area contributed by atoms with E-state index in [0.29, 0.717) is 6.04 Å². The van der Waals surface area contributed by atoms with Gasteiger partial charge in [0.05, 0.1) is 19.8 Å². The van der Waals surface area contributed by atoms with E-state index in [0.717, 1.165) is 53.6 Å². The Morgan fingerprint density at radius 1 is 1.52 bits per heavy atom. The molecule has 0 saturated carbocycles. The van der Waals surface area contributed by atoms with Crippen molar-refractivity contribution in [1.82, 2.24) is 10.3 Å². The van der Waals surface area contributed by atoms with E-state index < -0.39 is 0 Å². The Kier molecular flexibility index (Phi) is 6.33. The van der Waals surface area contributed by atoms with Gasteiger partial charge >= 0.3 is 0 Å². The fourth-order valence-electron chi connectivity index (χ4n) is 2.82. The molecule has 1 fully saturated rings. The van der Waals surface area contributed by atoms with Crippen LogP contribution in [0.3, 0.4) is 0 Å². The first-order chi connectivity index (χ1) is 10.2. The number of nitrogens with one attached hydrogen (secondary N) is 1. The molecule has 21 heavy (non-hydrogen) atoms. The van der Waals surface area contributed by atoms with Crippen molar-refractivity contribution in [3.05, 3.63) is 23.0 Å². The Morgan fingerprint density at radius 2 is 2.33 bits per heavy atom. The van der Waals surface area contributed by atoms with Gasteiger partial charge in [-0.3, -0.25) is 4.98 Å². The average Bonchev–Trinajstić information content (AvgIpc) is 2.51. The van der Waals surface area contributed by atoms with Crippen molar-refractivity contribution in [3.8, 4) is 5.75 Å². The number of thioether (sulfide) groups is 1. The molecule has 0 spiro atoms. The van der Waals surface area contributed by atoms with Crippen LogP contribution in [0, 0.1) is 13.8 Å². The highest BCUT2D eigenvalue weighted by atomic mass is 32.2. The SMILES string of the molecule is CCNC(Cc1ncc(C)c(OC)c1C)C1CSCCO1. The Morgan fingerprint density at radius 3 is 2.95 bits per heavy atom. The molecule has 0 aromatic carbocycles. The van der Waals surface area contributed by atoms with E-state index >= 15 is 0 Å². The van der Waals surface area contributed by atoms with Crippen molar-refractivity contribution in [2.45, 2.75) is 39.3 Å². The van der Waals surface area contributed by atoms with Gasteiger partial charge in [0.1, 0.15) is 5.75 Å². The number of pyridine rings is 1. The van der Waals surface area contributed by atoms with Gasteiger partial charge in [-0.2, -0.15) is 11.8 Å². The molecule has 1 aliphatic heterocycles. The van der Waals surface area contributed by atoms with Crippen LogP contribution in [0.4, 0.5) is 0 Å². The van der Waals surface area contributed by atoms with Crippen molar-refractivity contribution < 1.29 is 9.47 Å². The lowest BCUT2D eigenvalue weighted by Crippen LogP contribution is -2.46. The summed E-state index contributed by atoms with van der Waals surface area (Å²) in [5.74, 6) is 3.11. The molecule has 1 aromatic rings. The van der Waals surface area contributed by atoms with Crippen LogP contribution < -0.4 is 10.1 Å². The number of aromatic nitrogens is 1. The predicted octanol–water partition coefficient (Wildman–Crippen LogP) is 2.36. The lowest BCUT2D eigenvalue weighted by molar-refractivity contribution is 0.0473. The fraction of sp³-hybridized carbons (Fsp3) is 0.688. The van der Waals surface area contributed by atoms with E-state index in [4.69, 9.17) is 9.47 Å². The van der Waals surface area contributed by atoms with Crippen LogP contribution in [0.1, 0.15) is 23.7 Å². The highest BCUT2D eigenvalue weighted by Gasteiger charge is 2.26. The summed E-state index contributed by atoms with van der Waals surface area (Å²) in [4.78, 5) is 4.62. The van der Waals surface area contributed by atoms with E-state index in [1.54, 1.807) is 7.11 Å². The maximum absolute atomic E-state index is 5.94. The average molecular weight is 310 g/mol. The summed E-state index contributed by atoms with van der Waals surface area (Å²) < 4.78 is 11.5. The second-order valence-corrected chi connectivity index (χ2v) is 6.55. The molecule has 1 aliphatic rings. The molecular formula is C16H26N2O2S. The standard InChI is InChI=1S/C16H26N2O2S/c1-5-17-14(15-10-21-7-6-20-15)8-13-12(3)16(19-4)11(2)9-18-13/h9,14-15,17H,5-8,10H2,1-4H3. The van der Waals surface area contributed by atoms with Crippen molar-refractivity contribution >= 4 is 11.8 Å². The van der Waals surface area contributed by atoms with Crippen molar-refractivity contribution in [3.63, 3.8) is 0 Å². The number of ether oxygens (including phenoxy) is 2. The first kappa shape index (κ1) is 16.6. The summed E-state index contributed by atoms with van der Waals surface area (Å²) in [6, 6.07) is 0.307. The molecule has 2 heterocycles. The van der Waals surface area contributed by atoms with Crippen LogP contribution in [0.15, 0.2) is 6.20 Å². The highest BCUT2D eigenvalue weighted by molar-refractivity contribution is 7.99. The molecule has 2 atom stereocenters. The minimum absolute atomic E-state index is 0.261. The summed E-state index contributed by atoms with van der Waals surface area (Å²) in [5.41, 5.74) is 3.33. The molecule has 2 rings (SSSR count). The van der Waals surface area contributed by atoms with E-state index in [1.807, 2.05) is 24.9 Å². The molecule has 1 saturated heterocycles. The normalized spacial score (nSPS) is 20.3. The van der Waals surface area contributed by atoms with E-state index in [2.05, 4.69) is 24.1 Å². The lowest BCUT2D eigenvalue weighted by atomic mass is 10.0. The lowest BCUT2D eigenvalue weighted by Gasteiger charge is -2.31. The van der Waals surface area contributed by atoms with Crippen molar-refractivity contribution in [2.24, 2.45) is 0 Å². The number of methoxy groups -OCH3 is 1. The molecule has 0 amide bonds. The first-order valence-corrected chi connectivity index (χ1v) is 8.74. The molecule has 1 aromatic heterocycles. The number of likely N-dealkylation sites (N-methyl/N-ethyl adjacent to an activating group) is 1. The van der Waals surface area contributed by atoms with Gasteiger partial charge in [0.25, 0.3) is 0 Å². The van der Waals surface area contributed by atoms with Gasteiger partial charge in [-0.15, -0.1) is 0 Å². The zero-order chi connectivity index (χ0) is 15.2. The van der Waals surface area contributed by atoms with Crippen LogP contribution in [0.5, 0.6) is 5.75 Å². The third kappa shape index (κ3) is 4.11. The third-order valence-electron chi connectivity index (χ3n) is 3.92. The van der Waals surface area contributed by atoms with Crippen LogP contribution in [-0.4, -0.2) is 48.9 Å². The van der Waals surface area contributed by atoms with Gasteiger partial charge in [0.2, 0.25) is 0 Å². The molecule has 5 heteroatoms. The smallest absolute Gasteiger partial charge is 0.128 e. The molecule has 4 nitrogen and oxygen atoms in total.